The summed E-state index contributed by atoms with van der Waals surface area (Å²) in [5.41, 5.74) is 0.285. The average molecular weight is 255 g/mol. The summed E-state index contributed by atoms with van der Waals surface area (Å²) < 4.78 is 15.5. The van der Waals surface area contributed by atoms with Crippen LogP contribution in [0.4, 0.5) is 0 Å². The van der Waals surface area contributed by atoms with E-state index in [2.05, 4.69) is 9.72 Å². The smallest absolute Gasteiger partial charge is 0.375 e. The Bertz CT molecular complexity index is 409. The monoisotopic (exact) mass is 255 g/mol. The molecule has 0 radical (unpaired) electrons. The van der Waals surface area contributed by atoms with Crippen LogP contribution in [0.1, 0.15) is 49.3 Å². The summed E-state index contributed by atoms with van der Waals surface area (Å²) in [4.78, 5) is 15.9. The van der Waals surface area contributed by atoms with Gasteiger partial charge in [0.05, 0.1) is 24.8 Å². The van der Waals surface area contributed by atoms with E-state index in [1.807, 2.05) is 20.8 Å². The molecule has 0 saturated carbocycles. The Morgan fingerprint density at radius 3 is 2.56 bits per heavy atom. The van der Waals surface area contributed by atoms with Gasteiger partial charge in [0.2, 0.25) is 5.76 Å². The van der Waals surface area contributed by atoms with E-state index in [0.29, 0.717) is 24.4 Å². The minimum Gasteiger partial charge on any atom is -0.463 e. The van der Waals surface area contributed by atoms with Crippen LogP contribution >= 0.6 is 0 Å². The summed E-state index contributed by atoms with van der Waals surface area (Å²) in [6.45, 7) is 5.90. The van der Waals surface area contributed by atoms with Gasteiger partial charge in [-0.1, -0.05) is 13.3 Å². The second kappa shape index (κ2) is 6.00. The lowest BCUT2D eigenvalue weighted by molar-refractivity contribution is 0.0175. The van der Waals surface area contributed by atoms with Crippen molar-refractivity contribution in [2.75, 3.05) is 14.2 Å². The maximum atomic E-state index is 11.6. The number of methoxy groups -OCH3 is 2. The summed E-state index contributed by atoms with van der Waals surface area (Å²) in [7, 11) is 2.97. The zero-order valence-corrected chi connectivity index (χ0v) is 11.7. The summed E-state index contributed by atoms with van der Waals surface area (Å²) in [6, 6.07) is 0. The standard InChI is InChI=1S/C13H21NO4/c1-6-7-9-11(12(15)16-4)18-10(14-9)8-13(2,3)17-5/h6-8H2,1-5H3. The molecule has 102 valence electrons. The van der Waals surface area contributed by atoms with Crippen molar-refractivity contribution in [1.82, 2.24) is 4.98 Å². The molecule has 0 saturated heterocycles. The molecule has 0 N–H and O–H groups in total. The Balaban J connectivity index is 2.98. The van der Waals surface area contributed by atoms with E-state index in [1.165, 1.54) is 7.11 Å². The maximum absolute atomic E-state index is 11.6. The molecule has 0 amide bonds. The van der Waals surface area contributed by atoms with Crippen LogP contribution in [-0.2, 0) is 22.3 Å². The van der Waals surface area contributed by atoms with Crippen molar-refractivity contribution in [3.63, 3.8) is 0 Å². The lowest BCUT2D eigenvalue weighted by Crippen LogP contribution is -2.25. The molecular formula is C13H21NO4. The van der Waals surface area contributed by atoms with Crippen molar-refractivity contribution in [2.45, 2.75) is 45.6 Å². The fraction of sp³-hybridized carbons (Fsp3) is 0.692. The molecule has 5 heteroatoms. The van der Waals surface area contributed by atoms with Gasteiger partial charge in [-0.15, -0.1) is 0 Å². The second-order valence-corrected chi connectivity index (χ2v) is 4.77. The van der Waals surface area contributed by atoms with E-state index in [-0.39, 0.29) is 11.4 Å². The number of oxazole rings is 1. The molecule has 0 aliphatic heterocycles. The largest absolute Gasteiger partial charge is 0.463 e. The van der Waals surface area contributed by atoms with Gasteiger partial charge < -0.3 is 13.9 Å². The fourth-order valence-corrected chi connectivity index (χ4v) is 1.57. The van der Waals surface area contributed by atoms with Crippen LogP contribution < -0.4 is 0 Å². The predicted molar refractivity (Wildman–Crippen MR) is 66.6 cm³/mol. The number of hydrogen-bond donors (Lipinski definition) is 0. The van der Waals surface area contributed by atoms with Crippen molar-refractivity contribution in [1.29, 1.82) is 0 Å². The van der Waals surface area contributed by atoms with E-state index >= 15 is 0 Å². The Hall–Kier alpha value is -1.36. The normalized spacial score (nSPS) is 11.6. The highest BCUT2D eigenvalue weighted by atomic mass is 16.5. The van der Waals surface area contributed by atoms with Crippen molar-refractivity contribution >= 4 is 5.97 Å². The minimum absolute atomic E-state index is 0.209. The first-order chi connectivity index (χ1) is 8.43. The average Bonchev–Trinajstić information content (AvgIpc) is 2.71. The lowest BCUT2D eigenvalue weighted by Gasteiger charge is -2.20. The topological polar surface area (TPSA) is 61.6 Å². The molecule has 1 aromatic rings. The van der Waals surface area contributed by atoms with E-state index in [9.17, 15) is 4.79 Å². The van der Waals surface area contributed by atoms with Gasteiger partial charge in [-0.05, 0) is 20.3 Å². The first kappa shape index (κ1) is 14.7. The van der Waals surface area contributed by atoms with Crippen LogP contribution in [0.15, 0.2) is 4.42 Å². The SMILES string of the molecule is CCCc1nc(CC(C)(C)OC)oc1C(=O)OC. The molecular weight excluding hydrogens is 234 g/mol. The molecule has 1 aromatic heterocycles. The number of aryl methyl sites for hydroxylation is 1. The van der Waals surface area contributed by atoms with Crippen LogP contribution in [0, 0.1) is 0 Å². The number of carbonyl (C=O) groups excluding carboxylic acids is 1. The molecule has 18 heavy (non-hydrogen) atoms. The van der Waals surface area contributed by atoms with Crippen LogP contribution in [0.25, 0.3) is 0 Å². The highest BCUT2D eigenvalue weighted by Gasteiger charge is 2.25. The third-order valence-corrected chi connectivity index (χ3v) is 2.73. The Morgan fingerprint density at radius 2 is 2.06 bits per heavy atom. The van der Waals surface area contributed by atoms with E-state index < -0.39 is 5.97 Å². The van der Waals surface area contributed by atoms with Gasteiger partial charge in [0.1, 0.15) is 0 Å². The maximum Gasteiger partial charge on any atom is 0.375 e. The van der Waals surface area contributed by atoms with Gasteiger partial charge in [-0.2, -0.15) is 0 Å². The first-order valence-electron chi connectivity index (χ1n) is 6.05. The van der Waals surface area contributed by atoms with Crippen LogP contribution in [-0.4, -0.2) is 30.8 Å². The zero-order valence-electron chi connectivity index (χ0n) is 11.7. The molecule has 0 aliphatic rings. The van der Waals surface area contributed by atoms with Gasteiger partial charge in [-0.3, -0.25) is 0 Å². The molecule has 0 atom stereocenters. The van der Waals surface area contributed by atoms with Gasteiger partial charge in [0.25, 0.3) is 0 Å². The van der Waals surface area contributed by atoms with Crippen LogP contribution in [0.5, 0.6) is 0 Å². The Kier molecular flexibility index (Phi) is 4.90. The molecule has 0 aliphatic carbocycles. The number of hydrogen-bond acceptors (Lipinski definition) is 5. The minimum atomic E-state index is -0.479. The van der Waals surface area contributed by atoms with Crippen molar-refractivity contribution in [3.8, 4) is 0 Å². The summed E-state index contributed by atoms with van der Waals surface area (Å²) in [6.07, 6.45) is 2.10. The van der Waals surface area contributed by atoms with E-state index in [1.54, 1.807) is 7.11 Å². The van der Waals surface area contributed by atoms with Gasteiger partial charge in [-0.25, -0.2) is 9.78 Å². The molecule has 1 rings (SSSR count). The Labute approximate surface area is 107 Å². The highest BCUT2D eigenvalue weighted by molar-refractivity contribution is 5.87. The number of rotatable bonds is 6. The van der Waals surface area contributed by atoms with Gasteiger partial charge >= 0.3 is 5.97 Å². The number of carbonyl (C=O) groups is 1. The number of esters is 1. The van der Waals surface area contributed by atoms with Crippen molar-refractivity contribution in [2.24, 2.45) is 0 Å². The molecule has 0 bridgehead atoms. The number of aromatic nitrogens is 1. The summed E-state index contributed by atoms with van der Waals surface area (Å²) >= 11 is 0. The molecule has 1 heterocycles. The van der Waals surface area contributed by atoms with Gasteiger partial charge in [0.15, 0.2) is 5.89 Å². The second-order valence-electron chi connectivity index (χ2n) is 4.77. The van der Waals surface area contributed by atoms with E-state index in [4.69, 9.17) is 9.15 Å². The molecule has 0 fully saturated rings. The summed E-state index contributed by atoms with van der Waals surface area (Å²) in [5.74, 6) is 0.236. The zero-order chi connectivity index (χ0) is 13.8. The predicted octanol–water partition coefficient (Wildman–Crippen LogP) is 2.38. The third kappa shape index (κ3) is 3.57. The highest BCUT2D eigenvalue weighted by Crippen LogP contribution is 2.20. The third-order valence-electron chi connectivity index (χ3n) is 2.73. The number of nitrogens with zero attached hydrogens (tertiary/aromatic N) is 1. The fourth-order valence-electron chi connectivity index (χ4n) is 1.57. The van der Waals surface area contributed by atoms with E-state index in [0.717, 1.165) is 6.42 Å². The molecule has 0 unspecified atom stereocenters. The van der Waals surface area contributed by atoms with Crippen LogP contribution in [0.2, 0.25) is 0 Å². The van der Waals surface area contributed by atoms with Gasteiger partial charge in [0, 0.05) is 7.11 Å². The Morgan fingerprint density at radius 1 is 1.39 bits per heavy atom. The van der Waals surface area contributed by atoms with Crippen molar-refractivity contribution in [3.05, 3.63) is 17.3 Å². The molecule has 5 nitrogen and oxygen atoms in total. The molecule has 0 spiro atoms. The summed E-state index contributed by atoms with van der Waals surface area (Å²) in [5, 5.41) is 0. The number of ether oxygens (including phenoxy) is 2. The quantitative estimate of drug-likeness (QED) is 0.730. The first-order valence-corrected chi connectivity index (χ1v) is 6.05. The lowest BCUT2D eigenvalue weighted by atomic mass is 10.1. The molecule has 0 aromatic carbocycles. The van der Waals surface area contributed by atoms with Crippen molar-refractivity contribution < 1.29 is 18.7 Å². The van der Waals surface area contributed by atoms with Crippen LogP contribution in [0.3, 0.4) is 0 Å².